The highest BCUT2D eigenvalue weighted by atomic mass is 16.2. The van der Waals surface area contributed by atoms with Crippen LogP contribution >= 0.6 is 0 Å². The summed E-state index contributed by atoms with van der Waals surface area (Å²) in [7, 11) is 1.93. The van der Waals surface area contributed by atoms with Gasteiger partial charge < -0.3 is 10.2 Å². The molecule has 0 aliphatic carbocycles. The summed E-state index contributed by atoms with van der Waals surface area (Å²) in [6.45, 7) is 6.46. The highest BCUT2D eigenvalue weighted by molar-refractivity contribution is 5.82. The summed E-state index contributed by atoms with van der Waals surface area (Å²) in [4.78, 5) is 14.1. The lowest BCUT2D eigenvalue weighted by atomic mass is 9.98. The molecule has 3 unspecified atom stereocenters. The highest BCUT2D eigenvalue weighted by Gasteiger charge is 2.28. The molecule has 1 N–H and O–H groups in total. The summed E-state index contributed by atoms with van der Waals surface area (Å²) in [5, 5.41) is 3.40. The van der Waals surface area contributed by atoms with Crippen LogP contribution in [0.15, 0.2) is 0 Å². The van der Waals surface area contributed by atoms with Crippen molar-refractivity contribution in [2.24, 2.45) is 0 Å². The van der Waals surface area contributed by atoms with Crippen molar-refractivity contribution < 1.29 is 4.79 Å². The summed E-state index contributed by atoms with van der Waals surface area (Å²) in [6, 6.07) is 0.891. The number of likely N-dealkylation sites (N-methyl/N-ethyl adjacent to an activating group) is 1. The van der Waals surface area contributed by atoms with E-state index >= 15 is 0 Å². The largest absolute Gasteiger partial charge is 0.342 e. The molecule has 94 valence electrons. The highest BCUT2D eigenvalue weighted by Crippen LogP contribution is 2.15. The molecule has 1 rings (SSSR count). The van der Waals surface area contributed by atoms with Gasteiger partial charge in [0.25, 0.3) is 0 Å². The Hall–Kier alpha value is -0.570. The topological polar surface area (TPSA) is 32.3 Å². The normalized spacial score (nSPS) is 27.5. The molecule has 3 heteroatoms. The number of carbonyl (C=O) groups is 1. The van der Waals surface area contributed by atoms with Crippen molar-refractivity contribution in [1.82, 2.24) is 10.2 Å². The van der Waals surface area contributed by atoms with Crippen LogP contribution in [0.2, 0.25) is 0 Å². The zero-order valence-electron chi connectivity index (χ0n) is 11.1. The predicted molar refractivity (Wildman–Crippen MR) is 67.4 cm³/mol. The predicted octanol–water partition coefficient (Wildman–Crippen LogP) is 2.16. The quantitative estimate of drug-likeness (QED) is 0.796. The molecule has 1 fully saturated rings. The van der Waals surface area contributed by atoms with E-state index in [4.69, 9.17) is 0 Å². The van der Waals surface area contributed by atoms with E-state index in [1.54, 1.807) is 0 Å². The molecule has 0 aromatic carbocycles. The van der Waals surface area contributed by atoms with Gasteiger partial charge in [0, 0.05) is 19.1 Å². The molecule has 1 aliphatic heterocycles. The van der Waals surface area contributed by atoms with Crippen molar-refractivity contribution in [3.63, 3.8) is 0 Å². The molecule has 0 bridgehead atoms. The standard InChI is InChI=1S/C13H26N2O/c1-5-7-11(3)15(4)13(16)12-9-6-8-10(2)14-12/h10-12,14H,5-9H2,1-4H3. The summed E-state index contributed by atoms with van der Waals surface area (Å²) >= 11 is 0. The SMILES string of the molecule is CCCC(C)N(C)C(=O)C1CCCC(C)N1. The second-order valence-electron chi connectivity index (χ2n) is 5.14. The van der Waals surface area contributed by atoms with Crippen molar-refractivity contribution >= 4 is 5.91 Å². The molecule has 1 saturated heterocycles. The van der Waals surface area contributed by atoms with Gasteiger partial charge in [-0.25, -0.2) is 0 Å². The van der Waals surface area contributed by atoms with Gasteiger partial charge in [-0.15, -0.1) is 0 Å². The first-order valence-electron chi connectivity index (χ1n) is 6.59. The lowest BCUT2D eigenvalue weighted by Gasteiger charge is -2.33. The van der Waals surface area contributed by atoms with E-state index in [0.717, 1.165) is 19.3 Å². The number of rotatable bonds is 4. The number of hydrogen-bond donors (Lipinski definition) is 1. The summed E-state index contributed by atoms with van der Waals surface area (Å²) in [6.07, 6.45) is 5.57. The Kier molecular flexibility index (Phi) is 5.26. The van der Waals surface area contributed by atoms with Crippen molar-refractivity contribution in [1.29, 1.82) is 0 Å². The van der Waals surface area contributed by atoms with E-state index < -0.39 is 0 Å². The van der Waals surface area contributed by atoms with Gasteiger partial charge in [-0.1, -0.05) is 13.3 Å². The molecule has 0 aromatic heterocycles. The summed E-state index contributed by atoms with van der Waals surface area (Å²) in [5.41, 5.74) is 0. The number of carbonyl (C=O) groups excluding carboxylic acids is 1. The van der Waals surface area contributed by atoms with E-state index in [-0.39, 0.29) is 11.9 Å². The van der Waals surface area contributed by atoms with E-state index in [2.05, 4.69) is 26.1 Å². The van der Waals surface area contributed by atoms with Gasteiger partial charge in [0.05, 0.1) is 6.04 Å². The second-order valence-corrected chi connectivity index (χ2v) is 5.14. The Morgan fingerprint density at radius 3 is 2.75 bits per heavy atom. The number of nitrogens with zero attached hydrogens (tertiary/aromatic N) is 1. The maximum Gasteiger partial charge on any atom is 0.239 e. The fourth-order valence-electron chi connectivity index (χ4n) is 2.41. The van der Waals surface area contributed by atoms with Crippen LogP contribution in [0.25, 0.3) is 0 Å². The van der Waals surface area contributed by atoms with E-state index in [9.17, 15) is 4.79 Å². The Bertz CT molecular complexity index is 230. The molecule has 3 atom stereocenters. The Labute approximate surface area is 99.6 Å². The second kappa shape index (κ2) is 6.24. The van der Waals surface area contributed by atoms with E-state index in [1.165, 1.54) is 12.8 Å². The zero-order valence-corrected chi connectivity index (χ0v) is 11.1. The van der Waals surface area contributed by atoms with Crippen LogP contribution in [-0.2, 0) is 4.79 Å². The van der Waals surface area contributed by atoms with Crippen LogP contribution < -0.4 is 5.32 Å². The first-order chi connectivity index (χ1) is 7.56. The Morgan fingerprint density at radius 2 is 2.19 bits per heavy atom. The number of nitrogens with one attached hydrogen (secondary N) is 1. The Morgan fingerprint density at radius 1 is 1.50 bits per heavy atom. The average molecular weight is 226 g/mol. The van der Waals surface area contributed by atoms with Crippen molar-refractivity contribution in [2.45, 2.75) is 71.0 Å². The Balaban J connectivity index is 2.48. The monoisotopic (exact) mass is 226 g/mol. The minimum atomic E-state index is 0.0491. The third kappa shape index (κ3) is 3.48. The van der Waals surface area contributed by atoms with Crippen LogP contribution in [0.5, 0.6) is 0 Å². The number of amides is 1. The fraction of sp³-hybridized carbons (Fsp3) is 0.923. The molecule has 0 radical (unpaired) electrons. The molecule has 0 saturated carbocycles. The van der Waals surface area contributed by atoms with Crippen LogP contribution in [-0.4, -0.2) is 36.0 Å². The summed E-state index contributed by atoms with van der Waals surface area (Å²) in [5.74, 6) is 0.271. The maximum absolute atomic E-state index is 12.2. The molecule has 1 aliphatic rings. The minimum absolute atomic E-state index is 0.0491. The molecular weight excluding hydrogens is 200 g/mol. The van der Waals surface area contributed by atoms with Crippen LogP contribution in [0.1, 0.15) is 52.9 Å². The van der Waals surface area contributed by atoms with Crippen LogP contribution in [0, 0.1) is 0 Å². The molecule has 0 spiro atoms. The van der Waals surface area contributed by atoms with Gasteiger partial charge in [0.15, 0.2) is 0 Å². The van der Waals surface area contributed by atoms with Gasteiger partial charge in [0.1, 0.15) is 0 Å². The smallest absolute Gasteiger partial charge is 0.239 e. The third-order valence-electron chi connectivity index (χ3n) is 3.63. The average Bonchev–Trinajstić information content (AvgIpc) is 2.27. The van der Waals surface area contributed by atoms with Gasteiger partial charge in [0.2, 0.25) is 5.91 Å². The first kappa shape index (κ1) is 13.5. The lowest BCUT2D eigenvalue weighted by molar-refractivity contribution is -0.134. The van der Waals surface area contributed by atoms with Gasteiger partial charge >= 0.3 is 0 Å². The molecule has 1 amide bonds. The van der Waals surface area contributed by atoms with Gasteiger partial charge in [-0.3, -0.25) is 4.79 Å². The van der Waals surface area contributed by atoms with E-state index in [1.807, 2.05) is 11.9 Å². The molecule has 0 aromatic rings. The van der Waals surface area contributed by atoms with Crippen molar-refractivity contribution in [3.8, 4) is 0 Å². The molecular formula is C13H26N2O. The lowest BCUT2D eigenvalue weighted by Crippen LogP contribution is -2.52. The summed E-state index contributed by atoms with van der Waals surface area (Å²) < 4.78 is 0. The number of hydrogen-bond acceptors (Lipinski definition) is 2. The minimum Gasteiger partial charge on any atom is -0.342 e. The van der Waals surface area contributed by atoms with Crippen LogP contribution in [0.3, 0.4) is 0 Å². The number of piperidine rings is 1. The van der Waals surface area contributed by atoms with Gasteiger partial charge in [-0.2, -0.15) is 0 Å². The fourth-order valence-corrected chi connectivity index (χ4v) is 2.41. The molecule has 3 nitrogen and oxygen atoms in total. The maximum atomic E-state index is 12.2. The molecule has 1 heterocycles. The first-order valence-corrected chi connectivity index (χ1v) is 6.59. The zero-order chi connectivity index (χ0) is 12.1. The third-order valence-corrected chi connectivity index (χ3v) is 3.63. The van der Waals surface area contributed by atoms with E-state index in [0.29, 0.717) is 12.1 Å². The van der Waals surface area contributed by atoms with Crippen molar-refractivity contribution in [2.75, 3.05) is 7.05 Å². The molecule has 16 heavy (non-hydrogen) atoms. The van der Waals surface area contributed by atoms with Crippen LogP contribution in [0.4, 0.5) is 0 Å². The van der Waals surface area contributed by atoms with Gasteiger partial charge in [-0.05, 0) is 39.5 Å². The van der Waals surface area contributed by atoms with Crippen molar-refractivity contribution in [3.05, 3.63) is 0 Å².